The summed E-state index contributed by atoms with van der Waals surface area (Å²) in [5, 5.41) is 32.9. The van der Waals surface area contributed by atoms with Gasteiger partial charge < -0.3 is 39.6 Å². The average molecular weight is 479 g/mol. The molecule has 1 aliphatic rings. The highest BCUT2D eigenvalue weighted by Gasteiger charge is 2.45. The molecule has 5 atom stereocenters. The number of nitrogens with one attached hydrogen (secondary N) is 1. The van der Waals surface area contributed by atoms with Crippen LogP contribution in [0.15, 0.2) is 29.4 Å². The lowest BCUT2D eigenvalue weighted by atomic mass is 9.97. The van der Waals surface area contributed by atoms with Crippen molar-refractivity contribution in [1.29, 1.82) is 0 Å². The Labute approximate surface area is 189 Å². The Morgan fingerprint density at radius 1 is 1.16 bits per heavy atom. The van der Waals surface area contributed by atoms with Gasteiger partial charge in [0.15, 0.2) is 6.29 Å². The molecule has 2 rings (SSSR count). The monoisotopic (exact) mass is 478 g/mol. The highest BCUT2D eigenvalue weighted by atomic mass is 33.1. The van der Waals surface area contributed by atoms with Gasteiger partial charge in [-0.2, -0.15) is 0 Å². The molecule has 0 saturated carbocycles. The summed E-state index contributed by atoms with van der Waals surface area (Å²) in [7, 11) is 3.27. The summed E-state index contributed by atoms with van der Waals surface area (Å²) in [6.45, 7) is 2.62. The van der Waals surface area contributed by atoms with Crippen LogP contribution in [0.25, 0.3) is 0 Å². The van der Waals surface area contributed by atoms with Gasteiger partial charge in [-0.15, -0.1) is 0 Å². The average Bonchev–Trinajstić information content (AvgIpc) is 2.77. The molecule has 1 amide bonds. The SMILES string of the molecule is CC(=O)NC1C(O)[C@@H](O)C(CO)O[C@H]1OCCOCCOCCSSc1ccccn1. The van der Waals surface area contributed by atoms with Crippen molar-refractivity contribution in [2.75, 3.05) is 45.4 Å². The zero-order valence-electron chi connectivity index (χ0n) is 17.3. The first kappa shape index (κ1) is 26.3. The number of rotatable bonds is 14. The van der Waals surface area contributed by atoms with E-state index in [1.165, 1.54) is 6.92 Å². The minimum atomic E-state index is -1.34. The maximum Gasteiger partial charge on any atom is 0.217 e. The van der Waals surface area contributed by atoms with Crippen LogP contribution in [0.3, 0.4) is 0 Å². The van der Waals surface area contributed by atoms with Crippen molar-refractivity contribution in [1.82, 2.24) is 10.3 Å². The van der Waals surface area contributed by atoms with E-state index in [0.717, 1.165) is 10.8 Å². The molecule has 4 N–H and O–H groups in total. The molecule has 1 aromatic heterocycles. The summed E-state index contributed by atoms with van der Waals surface area (Å²) >= 11 is 0. The van der Waals surface area contributed by atoms with E-state index in [4.69, 9.17) is 18.9 Å². The fraction of sp³-hybridized carbons (Fsp3) is 0.684. The van der Waals surface area contributed by atoms with E-state index in [1.54, 1.807) is 27.8 Å². The maximum atomic E-state index is 11.4. The number of amides is 1. The molecule has 0 aliphatic carbocycles. The van der Waals surface area contributed by atoms with Crippen LogP contribution in [0.4, 0.5) is 0 Å². The second kappa shape index (κ2) is 15.0. The van der Waals surface area contributed by atoms with E-state index in [2.05, 4.69) is 10.3 Å². The van der Waals surface area contributed by atoms with E-state index in [-0.39, 0.29) is 13.2 Å². The molecule has 12 heteroatoms. The molecular weight excluding hydrogens is 448 g/mol. The van der Waals surface area contributed by atoms with Crippen molar-refractivity contribution in [2.45, 2.75) is 42.6 Å². The van der Waals surface area contributed by atoms with Crippen molar-refractivity contribution in [3.8, 4) is 0 Å². The molecule has 0 radical (unpaired) electrons. The largest absolute Gasteiger partial charge is 0.394 e. The zero-order valence-corrected chi connectivity index (χ0v) is 18.9. The summed E-state index contributed by atoms with van der Waals surface area (Å²) in [6, 6.07) is 4.83. The lowest BCUT2D eigenvalue weighted by Gasteiger charge is -2.42. The van der Waals surface area contributed by atoms with Gasteiger partial charge in [0, 0.05) is 18.9 Å². The van der Waals surface area contributed by atoms with Gasteiger partial charge >= 0.3 is 0 Å². The van der Waals surface area contributed by atoms with Crippen LogP contribution in [-0.4, -0.2) is 102 Å². The minimum absolute atomic E-state index is 0.137. The molecule has 1 aliphatic heterocycles. The van der Waals surface area contributed by atoms with Crippen LogP contribution in [0.5, 0.6) is 0 Å². The normalized spacial score (nSPS) is 26.0. The lowest BCUT2D eigenvalue weighted by molar-refractivity contribution is -0.272. The molecule has 1 fully saturated rings. The van der Waals surface area contributed by atoms with E-state index in [0.29, 0.717) is 19.8 Å². The number of carbonyl (C=O) groups is 1. The molecule has 1 saturated heterocycles. The minimum Gasteiger partial charge on any atom is -0.394 e. The van der Waals surface area contributed by atoms with E-state index >= 15 is 0 Å². The predicted octanol–water partition coefficient (Wildman–Crippen LogP) is -0.185. The topological polar surface area (TPSA) is 140 Å². The third kappa shape index (κ3) is 9.60. The summed E-state index contributed by atoms with van der Waals surface area (Å²) in [6.07, 6.45) is -2.93. The first-order valence-corrected chi connectivity index (χ1v) is 12.2. The highest BCUT2D eigenvalue weighted by molar-refractivity contribution is 8.76. The number of aliphatic hydroxyl groups excluding tert-OH is 3. The first-order valence-electron chi connectivity index (χ1n) is 9.90. The van der Waals surface area contributed by atoms with Gasteiger partial charge in [-0.1, -0.05) is 16.9 Å². The Balaban J connectivity index is 1.53. The van der Waals surface area contributed by atoms with Gasteiger partial charge in [0.2, 0.25) is 5.91 Å². The van der Waals surface area contributed by atoms with E-state index < -0.39 is 43.2 Å². The van der Waals surface area contributed by atoms with Crippen LogP contribution in [0.2, 0.25) is 0 Å². The molecule has 31 heavy (non-hydrogen) atoms. The summed E-state index contributed by atoms with van der Waals surface area (Å²) in [5.41, 5.74) is 0. The van der Waals surface area contributed by atoms with Crippen LogP contribution in [0, 0.1) is 0 Å². The Morgan fingerprint density at radius 3 is 2.58 bits per heavy atom. The molecule has 0 aromatic carbocycles. The molecule has 1 aromatic rings. The fourth-order valence-corrected chi connectivity index (χ4v) is 4.49. The zero-order chi connectivity index (χ0) is 22.5. The van der Waals surface area contributed by atoms with E-state index in [9.17, 15) is 20.1 Å². The highest BCUT2D eigenvalue weighted by Crippen LogP contribution is 2.28. The first-order chi connectivity index (χ1) is 15.0. The van der Waals surface area contributed by atoms with Gasteiger partial charge in [0.1, 0.15) is 29.4 Å². The number of hydrogen-bond acceptors (Lipinski definition) is 11. The van der Waals surface area contributed by atoms with Crippen LogP contribution in [0.1, 0.15) is 6.92 Å². The number of aromatic nitrogens is 1. The van der Waals surface area contributed by atoms with E-state index in [1.807, 2.05) is 18.2 Å². The van der Waals surface area contributed by atoms with Crippen molar-refractivity contribution in [2.24, 2.45) is 0 Å². The molecule has 176 valence electrons. The Bertz CT molecular complexity index is 630. The smallest absolute Gasteiger partial charge is 0.217 e. The number of hydrogen-bond donors (Lipinski definition) is 4. The van der Waals surface area contributed by atoms with Crippen molar-refractivity contribution < 1.29 is 39.1 Å². The molecular formula is C19H30N2O8S2. The molecule has 0 bridgehead atoms. The Hall–Kier alpha value is -0.960. The quantitative estimate of drug-likeness (QED) is 0.209. The van der Waals surface area contributed by atoms with Gasteiger partial charge in [0.05, 0.1) is 39.6 Å². The Morgan fingerprint density at radius 2 is 1.90 bits per heavy atom. The number of pyridine rings is 1. The summed E-state index contributed by atoms with van der Waals surface area (Å²) in [4.78, 5) is 15.6. The standard InChI is InChI=1S/C19H30N2O8S2/c1-13(23)21-16-18(25)17(24)14(12-22)29-19(16)28-9-8-26-6-7-27-10-11-30-31-15-4-2-3-5-20-15/h2-5,14,16-19,22,24-25H,6-12H2,1H3,(H,21,23)/t14?,16?,17-,18?,19+/m0/s1. The molecule has 3 unspecified atom stereocenters. The van der Waals surface area contributed by atoms with Crippen molar-refractivity contribution >= 4 is 27.5 Å². The molecule has 0 spiro atoms. The number of aliphatic hydroxyl groups is 3. The van der Waals surface area contributed by atoms with Crippen LogP contribution >= 0.6 is 21.6 Å². The van der Waals surface area contributed by atoms with Gasteiger partial charge in [-0.3, -0.25) is 4.79 Å². The summed E-state index contributed by atoms with van der Waals surface area (Å²) < 4.78 is 22.0. The molecule has 10 nitrogen and oxygen atoms in total. The molecule has 2 heterocycles. The Kier molecular flexibility index (Phi) is 12.7. The second-order valence-corrected chi connectivity index (χ2v) is 9.04. The third-order valence-corrected chi connectivity index (χ3v) is 6.45. The summed E-state index contributed by atoms with van der Waals surface area (Å²) in [5.74, 6) is 0.426. The van der Waals surface area contributed by atoms with Crippen molar-refractivity contribution in [3.05, 3.63) is 24.4 Å². The van der Waals surface area contributed by atoms with Crippen LogP contribution < -0.4 is 5.32 Å². The number of carbonyl (C=O) groups excluding carboxylic acids is 1. The third-order valence-electron chi connectivity index (χ3n) is 4.23. The van der Waals surface area contributed by atoms with Gasteiger partial charge in [-0.05, 0) is 22.9 Å². The lowest BCUT2D eigenvalue weighted by Crippen LogP contribution is -2.64. The van der Waals surface area contributed by atoms with Crippen LogP contribution in [-0.2, 0) is 23.7 Å². The number of nitrogens with zero attached hydrogens (tertiary/aromatic N) is 1. The van der Waals surface area contributed by atoms with Crippen molar-refractivity contribution in [3.63, 3.8) is 0 Å². The van der Waals surface area contributed by atoms with Gasteiger partial charge in [0.25, 0.3) is 0 Å². The fourth-order valence-electron chi connectivity index (χ4n) is 2.75. The maximum absolute atomic E-state index is 11.4. The van der Waals surface area contributed by atoms with Gasteiger partial charge in [-0.25, -0.2) is 4.98 Å². The predicted molar refractivity (Wildman–Crippen MR) is 116 cm³/mol. The second-order valence-electron chi connectivity index (χ2n) is 6.60. The number of ether oxygens (including phenoxy) is 4.